The number of aromatic amines is 2. The van der Waals surface area contributed by atoms with E-state index in [4.69, 9.17) is 5.73 Å². The van der Waals surface area contributed by atoms with Gasteiger partial charge in [0, 0.05) is 14.5 Å². The molecule has 2 rings (SSSR count). The molecule has 0 saturated heterocycles. The Labute approximate surface area is 112 Å². The Morgan fingerprint density at radius 2 is 1.94 bits per heavy atom. The maximum atomic E-state index is 11.6. The summed E-state index contributed by atoms with van der Waals surface area (Å²) in [6.07, 6.45) is 0. The van der Waals surface area contributed by atoms with Gasteiger partial charge in [-0.3, -0.25) is 9.78 Å². The van der Waals surface area contributed by atoms with Crippen LogP contribution in [0.5, 0.6) is 0 Å². The maximum Gasteiger partial charge on any atom is 0.342 e. The summed E-state index contributed by atoms with van der Waals surface area (Å²) in [4.78, 5) is 24.5. The van der Waals surface area contributed by atoms with E-state index in [0.29, 0.717) is 15.7 Å². The minimum Gasteiger partial charge on any atom is -0.397 e. The monoisotopic (exact) mass is 360 g/mol. The molecule has 0 atom stereocenters. The van der Waals surface area contributed by atoms with E-state index in [1.165, 1.54) is 0 Å². The molecule has 0 aliphatic heterocycles. The molecule has 1 aromatic heterocycles. The summed E-state index contributed by atoms with van der Waals surface area (Å²) in [5.41, 5.74) is 5.45. The zero-order valence-electron chi connectivity index (χ0n) is 8.25. The Morgan fingerprint density at radius 3 is 2.59 bits per heavy atom. The number of nitrogens with zero attached hydrogens (tertiary/aromatic N) is 1. The van der Waals surface area contributed by atoms with E-state index in [-0.39, 0.29) is 5.69 Å². The van der Waals surface area contributed by atoms with Gasteiger partial charge in [-0.05, 0) is 28.1 Å². The lowest BCUT2D eigenvalue weighted by atomic mass is 10.1. The van der Waals surface area contributed by atoms with Crippen molar-refractivity contribution in [1.82, 2.24) is 15.2 Å². The number of nitrogen functional groups attached to an aromatic ring is 1. The molecule has 0 saturated carbocycles. The lowest BCUT2D eigenvalue weighted by Gasteiger charge is -2.06. The molecule has 6 nitrogen and oxygen atoms in total. The number of benzene rings is 1. The van der Waals surface area contributed by atoms with Gasteiger partial charge in [0.25, 0.3) is 5.56 Å². The quantitative estimate of drug-likeness (QED) is 0.664. The first kappa shape index (κ1) is 12.1. The van der Waals surface area contributed by atoms with Crippen molar-refractivity contribution in [3.8, 4) is 11.3 Å². The third-order valence-corrected chi connectivity index (χ3v) is 3.17. The van der Waals surface area contributed by atoms with Gasteiger partial charge in [0.1, 0.15) is 0 Å². The van der Waals surface area contributed by atoms with Crippen LogP contribution in [0.1, 0.15) is 0 Å². The Morgan fingerprint density at radius 1 is 1.24 bits per heavy atom. The molecule has 1 heterocycles. The lowest BCUT2D eigenvalue weighted by molar-refractivity contribution is 0.898. The van der Waals surface area contributed by atoms with Gasteiger partial charge in [0.15, 0.2) is 5.69 Å². The van der Waals surface area contributed by atoms with Crippen molar-refractivity contribution in [2.24, 2.45) is 0 Å². The first-order valence-corrected chi connectivity index (χ1v) is 6.01. The molecule has 2 aromatic rings. The molecule has 0 spiro atoms. The van der Waals surface area contributed by atoms with Crippen molar-refractivity contribution in [3.05, 3.63) is 41.9 Å². The molecule has 0 fully saturated rings. The van der Waals surface area contributed by atoms with E-state index >= 15 is 0 Å². The SMILES string of the molecule is Nc1c(Br)cc(Br)cc1-c1n[nH]c(=O)[nH]c1=O. The third-order valence-electron chi connectivity index (χ3n) is 2.06. The lowest BCUT2D eigenvalue weighted by Crippen LogP contribution is -2.25. The van der Waals surface area contributed by atoms with Crippen LogP contribution in [0.25, 0.3) is 11.3 Å². The largest absolute Gasteiger partial charge is 0.397 e. The summed E-state index contributed by atoms with van der Waals surface area (Å²) < 4.78 is 1.37. The van der Waals surface area contributed by atoms with Gasteiger partial charge in [-0.2, -0.15) is 5.10 Å². The van der Waals surface area contributed by atoms with E-state index in [9.17, 15) is 9.59 Å². The normalized spacial score (nSPS) is 10.5. The van der Waals surface area contributed by atoms with Gasteiger partial charge >= 0.3 is 5.69 Å². The van der Waals surface area contributed by atoms with Crippen LogP contribution < -0.4 is 17.0 Å². The van der Waals surface area contributed by atoms with E-state index in [2.05, 4.69) is 47.0 Å². The third kappa shape index (κ3) is 2.32. The maximum absolute atomic E-state index is 11.6. The standard InChI is InChI=1S/C9H6Br2N4O2/c10-3-1-4(6(12)5(11)2-3)7-8(16)13-9(17)15-14-7/h1-2H,12H2,(H2,13,15,16,17). The van der Waals surface area contributed by atoms with Gasteiger partial charge in [0.2, 0.25) is 0 Å². The van der Waals surface area contributed by atoms with Crippen molar-refractivity contribution < 1.29 is 0 Å². The molecule has 0 aliphatic carbocycles. The van der Waals surface area contributed by atoms with Crippen LogP contribution in [-0.4, -0.2) is 15.2 Å². The van der Waals surface area contributed by atoms with Crippen molar-refractivity contribution >= 4 is 37.5 Å². The minimum absolute atomic E-state index is 0.0594. The molecule has 8 heteroatoms. The number of aromatic nitrogens is 3. The number of hydrogen-bond donors (Lipinski definition) is 3. The zero-order chi connectivity index (χ0) is 12.6. The van der Waals surface area contributed by atoms with Gasteiger partial charge in [-0.15, -0.1) is 0 Å². The summed E-state index contributed by atoms with van der Waals surface area (Å²) >= 11 is 6.55. The molecule has 88 valence electrons. The second kappa shape index (κ2) is 4.46. The number of anilines is 1. The molecule has 4 N–H and O–H groups in total. The van der Waals surface area contributed by atoms with Gasteiger partial charge in [-0.25, -0.2) is 9.89 Å². The molecular weight excluding hydrogens is 356 g/mol. The van der Waals surface area contributed by atoms with Crippen LogP contribution in [0.4, 0.5) is 5.69 Å². The van der Waals surface area contributed by atoms with E-state index < -0.39 is 11.2 Å². The Balaban J connectivity index is 2.77. The molecular formula is C9H6Br2N4O2. The van der Waals surface area contributed by atoms with Crippen molar-refractivity contribution in [3.63, 3.8) is 0 Å². The highest BCUT2D eigenvalue weighted by molar-refractivity contribution is 9.11. The first-order valence-electron chi connectivity index (χ1n) is 4.43. The number of halogens is 2. The molecule has 0 aliphatic rings. The minimum atomic E-state index is -0.661. The van der Waals surface area contributed by atoms with E-state index in [1.807, 2.05) is 0 Å². The average molecular weight is 362 g/mol. The number of rotatable bonds is 1. The number of hydrogen-bond acceptors (Lipinski definition) is 4. The predicted octanol–water partition coefficient (Wildman–Crippen LogP) is 1.23. The summed E-state index contributed by atoms with van der Waals surface area (Å²) in [7, 11) is 0. The van der Waals surface area contributed by atoms with Crippen LogP contribution in [0, 0.1) is 0 Å². The summed E-state index contributed by atoms with van der Waals surface area (Å²) in [6, 6.07) is 3.40. The topological polar surface area (TPSA) is 105 Å². The van der Waals surface area contributed by atoms with Crippen molar-refractivity contribution in [1.29, 1.82) is 0 Å². The molecule has 0 amide bonds. The highest BCUT2D eigenvalue weighted by atomic mass is 79.9. The fourth-order valence-electron chi connectivity index (χ4n) is 1.31. The smallest absolute Gasteiger partial charge is 0.342 e. The summed E-state index contributed by atoms with van der Waals surface area (Å²) in [5.74, 6) is 0. The molecule has 1 aromatic carbocycles. The fraction of sp³-hybridized carbons (Fsp3) is 0. The van der Waals surface area contributed by atoms with Crippen LogP contribution in [0.3, 0.4) is 0 Å². The van der Waals surface area contributed by atoms with Crippen LogP contribution >= 0.6 is 31.9 Å². The number of H-pyrrole nitrogens is 2. The average Bonchev–Trinajstić information content (AvgIpc) is 2.24. The van der Waals surface area contributed by atoms with Crippen LogP contribution in [0.2, 0.25) is 0 Å². The van der Waals surface area contributed by atoms with Crippen LogP contribution in [0.15, 0.2) is 30.7 Å². The van der Waals surface area contributed by atoms with E-state index in [1.54, 1.807) is 12.1 Å². The Kier molecular flexibility index (Phi) is 3.16. The Bertz CT molecular complexity index is 692. The fourth-order valence-corrected chi connectivity index (χ4v) is 2.54. The second-order valence-electron chi connectivity index (χ2n) is 3.20. The molecule has 0 unspecified atom stereocenters. The Hall–Kier alpha value is -1.41. The van der Waals surface area contributed by atoms with Crippen molar-refractivity contribution in [2.75, 3.05) is 5.73 Å². The second-order valence-corrected chi connectivity index (χ2v) is 4.97. The molecule has 17 heavy (non-hydrogen) atoms. The predicted molar refractivity (Wildman–Crippen MR) is 70.7 cm³/mol. The number of nitrogens with two attached hydrogens (primary N) is 1. The highest BCUT2D eigenvalue weighted by Gasteiger charge is 2.12. The zero-order valence-corrected chi connectivity index (χ0v) is 11.4. The molecule has 0 bridgehead atoms. The van der Waals surface area contributed by atoms with E-state index in [0.717, 1.165) is 4.47 Å². The summed E-state index contributed by atoms with van der Waals surface area (Å²) in [6.45, 7) is 0. The van der Waals surface area contributed by atoms with Gasteiger partial charge in [-0.1, -0.05) is 15.9 Å². The van der Waals surface area contributed by atoms with Crippen molar-refractivity contribution in [2.45, 2.75) is 0 Å². The van der Waals surface area contributed by atoms with Gasteiger partial charge in [0.05, 0.1) is 5.69 Å². The molecule has 0 radical (unpaired) electrons. The first-order chi connectivity index (χ1) is 7.99. The highest BCUT2D eigenvalue weighted by Crippen LogP contribution is 2.32. The van der Waals surface area contributed by atoms with Crippen LogP contribution in [-0.2, 0) is 0 Å². The van der Waals surface area contributed by atoms with Gasteiger partial charge < -0.3 is 5.73 Å². The summed E-state index contributed by atoms with van der Waals surface area (Å²) in [5, 5.41) is 5.85. The number of nitrogens with one attached hydrogen (secondary N) is 2.